The van der Waals surface area contributed by atoms with Gasteiger partial charge in [-0.25, -0.2) is 15.0 Å². The molecule has 0 saturated carbocycles. The fraction of sp³-hybridized carbons (Fsp3) is 0.0179. The van der Waals surface area contributed by atoms with Crippen LogP contribution in [0, 0.1) is 0 Å². The second-order valence-corrected chi connectivity index (χ2v) is 15.4. The molecule has 2 aromatic heterocycles. The van der Waals surface area contributed by atoms with E-state index < -0.39 is 5.41 Å². The van der Waals surface area contributed by atoms with Crippen LogP contribution in [-0.4, -0.2) is 15.0 Å². The first kappa shape index (κ1) is 34.1. The Balaban J connectivity index is 1.15. The normalized spacial score (nSPS) is 12.8. The molecule has 0 aliphatic heterocycles. The van der Waals surface area contributed by atoms with Crippen molar-refractivity contribution < 1.29 is 4.42 Å². The first-order valence-corrected chi connectivity index (χ1v) is 20.4. The van der Waals surface area contributed by atoms with E-state index in [9.17, 15) is 0 Å². The predicted molar refractivity (Wildman–Crippen MR) is 244 cm³/mol. The molecule has 0 saturated heterocycles. The lowest BCUT2D eigenvalue weighted by molar-refractivity contribution is 0.668. The molecule has 0 amide bonds. The molecule has 4 nitrogen and oxygen atoms in total. The van der Waals surface area contributed by atoms with Gasteiger partial charge in [-0.2, -0.15) is 0 Å². The van der Waals surface area contributed by atoms with Crippen molar-refractivity contribution in [3.05, 3.63) is 235 Å². The average Bonchev–Trinajstić information content (AvgIpc) is 3.86. The minimum atomic E-state index is -0.540. The van der Waals surface area contributed by atoms with Crippen molar-refractivity contribution in [3.63, 3.8) is 0 Å². The molecule has 9 aromatic carbocycles. The van der Waals surface area contributed by atoms with Crippen LogP contribution in [0.15, 0.2) is 217 Å². The lowest BCUT2D eigenvalue weighted by Gasteiger charge is -2.33. The van der Waals surface area contributed by atoms with Gasteiger partial charge in [-0.1, -0.05) is 194 Å². The molecular weight excluding hydrogens is 731 g/mol. The van der Waals surface area contributed by atoms with Crippen molar-refractivity contribution in [1.82, 2.24) is 15.0 Å². The number of nitrogens with zero attached hydrogens (tertiary/aromatic N) is 3. The van der Waals surface area contributed by atoms with Crippen LogP contribution in [0.25, 0.3) is 89.1 Å². The van der Waals surface area contributed by atoms with Crippen molar-refractivity contribution in [2.24, 2.45) is 0 Å². The topological polar surface area (TPSA) is 51.8 Å². The van der Waals surface area contributed by atoms with Gasteiger partial charge in [-0.05, 0) is 73.5 Å². The molecule has 0 N–H and O–H groups in total. The summed E-state index contributed by atoms with van der Waals surface area (Å²) in [7, 11) is 0. The monoisotopic (exact) mass is 765 g/mol. The van der Waals surface area contributed by atoms with Crippen LogP contribution in [0.2, 0.25) is 0 Å². The molecule has 0 atom stereocenters. The second-order valence-electron chi connectivity index (χ2n) is 15.4. The van der Waals surface area contributed by atoms with Crippen molar-refractivity contribution in [3.8, 4) is 56.4 Å². The lowest BCUT2D eigenvalue weighted by atomic mass is 9.67. The van der Waals surface area contributed by atoms with Crippen molar-refractivity contribution in [2.45, 2.75) is 5.41 Å². The maximum atomic E-state index is 6.76. The number of hydrogen-bond donors (Lipinski definition) is 0. The van der Waals surface area contributed by atoms with Gasteiger partial charge in [0.2, 0.25) is 0 Å². The Morgan fingerprint density at radius 1 is 0.350 bits per heavy atom. The molecule has 4 heteroatoms. The fourth-order valence-corrected chi connectivity index (χ4v) is 9.65. The number of rotatable bonds is 6. The van der Waals surface area contributed by atoms with E-state index >= 15 is 0 Å². The zero-order valence-corrected chi connectivity index (χ0v) is 32.5. The smallest absolute Gasteiger partial charge is 0.165 e. The van der Waals surface area contributed by atoms with Gasteiger partial charge < -0.3 is 4.42 Å². The van der Waals surface area contributed by atoms with Crippen molar-refractivity contribution >= 4 is 32.7 Å². The Hall–Kier alpha value is -7.95. The molecule has 0 unspecified atom stereocenters. The molecule has 0 radical (unpaired) electrons. The number of hydrogen-bond acceptors (Lipinski definition) is 4. The van der Waals surface area contributed by atoms with Crippen LogP contribution in [0.4, 0.5) is 0 Å². The first-order chi connectivity index (χ1) is 29.8. The van der Waals surface area contributed by atoms with E-state index in [2.05, 4.69) is 176 Å². The van der Waals surface area contributed by atoms with E-state index in [1.807, 2.05) is 36.4 Å². The van der Waals surface area contributed by atoms with E-state index in [0.29, 0.717) is 17.5 Å². The van der Waals surface area contributed by atoms with Crippen LogP contribution >= 0.6 is 0 Å². The summed E-state index contributed by atoms with van der Waals surface area (Å²) in [4.78, 5) is 15.6. The third-order valence-electron chi connectivity index (χ3n) is 12.2. The Bertz CT molecular complexity index is 3330. The summed E-state index contributed by atoms with van der Waals surface area (Å²) < 4.78 is 6.76. The van der Waals surface area contributed by atoms with E-state index in [4.69, 9.17) is 19.4 Å². The molecule has 2 heterocycles. The highest BCUT2D eigenvalue weighted by Gasteiger charge is 2.46. The van der Waals surface area contributed by atoms with E-state index in [1.54, 1.807) is 0 Å². The molecule has 11 aromatic rings. The highest BCUT2D eigenvalue weighted by molar-refractivity contribution is 6.16. The summed E-state index contributed by atoms with van der Waals surface area (Å²) >= 11 is 0. The van der Waals surface area contributed by atoms with E-state index in [-0.39, 0.29) is 0 Å². The van der Waals surface area contributed by atoms with Gasteiger partial charge in [-0.3, -0.25) is 0 Å². The van der Waals surface area contributed by atoms with E-state index in [0.717, 1.165) is 60.5 Å². The van der Waals surface area contributed by atoms with Crippen LogP contribution in [0.5, 0.6) is 0 Å². The minimum Gasteiger partial charge on any atom is -0.456 e. The van der Waals surface area contributed by atoms with Crippen LogP contribution in [-0.2, 0) is 5.41 Å². The molecule has 0 fully saturated rings. The Labute approximate surface area is 347 Å². The Kier molecular flexibility index (Phi) is 7.72. The molecule has 280 valence electrons. The molecule has 0 spiro atoms. The van der Waals surface area contributed by atoms with Gasteiger partial charge in [0.15, 0.2) is 17.5 Å². The molecule has 12 rings (SSSR count). The molecule has 60 heavy (non-hydrogen) atoms. The van der Waals surface area contributed by atoms with Crippen LogP contribution < -0.4 is 0 Å². The predicted octanol–water partition coefficient (Wildman–Crippen LogP) is 14.0. The lowest BCUT2D eigenvalue weighted by Crippen LogP contribution is -2.28. The molecule has 1 aliphatic rings. The Morgan fingerprint density at radius 2 is 0.917 bits per heavy atom. The number of furan rings is 1. The van der Waals surface area contributed by atoms with Gasteiger partial charge in [0.25, 0.3) is 0 Å². The molecule has 1 aliphatic carbocycles. The summed E-state index contributed by atoms with van der Waals surface area (Å²) in [6, 6.07) is 75.1. The summed E-state index contributed by atoms with van der Waals surface area (Å²) in [5, 5.41) is 4.27. The zero-order chi connectivity index (χ0) is 39.6. The summed E-state index contributed by atoms with van der Waals surface area (Å²) in [5.74, 6) is 1.86. The SMILES string of the molecule is c1ccc(-c2nc(-c3ccccc3)nc(-c3c(-c4cccc5oc6ccc(C7(c8ccccc8)c8ccccc8-c8ccccc87)cc6c45)ccc4ccccc34)n2)cc1. The zero-order valence-electron chi connectivity index (χ0n) is 32.5. The van der Waals surface area contributed by atoms with Crippen molar-refractivity contribution in [2.75, 3.05) is 0 Å². The van der Waals surface area contributed by atoms with Crippen LogP contribution in [0.3, 0.4) is 0 Å². The third-order valence-corrected chi connectivity index (χ3v) is 12.2. The van der Waals surface area contributed by atoms with Gasteiger partial charge in [-0.15, -0.1) is 0 Å². The first-order valence-electron chi connectivity index (χ1n) is 20.4. The minimum absolute atomic E-state index is 0.540. The number of aromatic nitrogens is 3. The van der Waals surface area contributed by atoms with Crippen molar-refractivity contribution in [1.29, 1.82) is 0 Å². The Morgan fingerprint density at radius 3 is 1.60 bits per heavy atom. The van der Waals surface area contributed by atoms with E-state index in [1.165, 1.54) is 33.4 Å². The standard InChI is InChI=1S/C56H35N3O/c1-4-18-37(19-5-1)53-57-54(38-20-6-2-7-21-38)59-55(58-53)52-41-24-11-10-17-36(41)31-33-45(52)44-27-16-30-50-51(44)46-35-40(32-34-49(46)60-50)56(39-22-8-3-9-23-39)47-28-14-12-25-42(47)43-26-13-15-29-48(43)56/h1-35H. The van der Waals surface area contributed by atoms with Gasteiger partial charge in [0, 0.05) is 27.5 Å². The molecule has 0 bridgehead atoms. The largest absolute Gasteiger partial charge is 0.456 e. The molecular formula is C56H35N3O. The maximum Gasteiger partial charge on any atom is 0.165 e. The van der Waals surface area contributed by atoms with Crippen LogP contribution in [0.1, 0.15) is 22.3 Å². The fourth-order valence-electron chi connectivity index (χ4n) is 9.65. The highest BCUT2D eigenvalue weighted by Crippen LogP contribution is 2.56. The quantitative estimate of drug-likeness (QED) is 0.169. The second kappa shape index (κ2) is 13.6. The summed E-state index contributed by atoms with van der Waals surface area (Å²) in [5.41, 5.74) is 13.5. The third kappa shape index (κ3) is 5.14. The number of benzene rings is 9. The van der Waals surface area contributed by atoms with Gasteiger partial charge in [0.05, 0.1) is 5.41 Å². The maximum absolute atomic E-state index is 6.76. The summed E-state index contributed by atoms with van der Waals surface area (Å²) in [6.07, 6.45) is 0. The summed E-state index contributed by atoms with van der Waals surface area (Å²) in [6.45, 7) is 0. The average molecular weight is 766 g/mol. The van der Waals surface area contributed by atoms with Gasteiger partial charge >= 0.3 is 0 Å². The van der Waals surface area contributed by atoms with Gasteiger partial charge in [0.1, 0.15) is 11.2 Å². The highest BCUT2D eigenvalue weighted by atomic mass is 16.3. The number of fused-ring (bicyclic) bond motifs is 7.